The molecule has 2 amide bonds. The lowest BCUT2D eigenvalue weighted by Crippen LogP contribution is -2.50. The van der Waals surface area contributed by atoms with Gasteiger partial charge in [0.25, 0.3) is 11.8 Å². The standard InChI is InChI=1S/C25H24Cl2N4O3/c1-34-19-4-2-3-17(13-19)24(32)29-9-11-30(12-10-29)25(33)20-15-28-31(23(20)16-5-6-16)22-8-7-18(26)14-21(22)27/h2-4,7-8,13-16H,5-6,9-12H2,1H3. The van der Waals surface area contributed by atoms with Gasteiger partial charge in [0, 0.05) is 42.7 Å². The fourth-order valence-electron chi connectivity index (χ4n) is 4.34. The van der Waals surface area contributed by atoms with Gasteiger partial charge in [0.15, 0.2) is 0 Å². The number of carbonyl (C=O) groups is 2. The topological polar surface area (TPSA) is 67.7 Å². The normalized spacial score (nSPS) is 16.0. The Balaban J connectivity index is 1.32. The van der Waals surface area contributed by atoms with Crippen molar-refractivity contribution >= 4 is 35.0 Å². The Morgan fingerprint density at radius 2 is 1.68 bits per heavy atom. The molecule has 0 radical (unpaired) electrons. The molecule has 5 rings (SSSR count). The van der Waals surface area contributed by atoms with E-state index in [9.17, 15) is 9.59 Å². The van der Waals surface area contributed by atoms with Crippen molar-refractivity contribution in [1.82, 2.24) is 19.6 Å². The molecule has 0 bridgehead atoms. The van der Waals surface area contributed by atoms with Crippen LogP contribution >= 0.6 is 23.2 Å². The van der Waals surface area contributed by atoms with Crippen LogP contribution in [0.5, 0.6) is 5.75 Å². The zero-order valence-corrected chi connectivity index (χ0v) is 20.2. The van der Waals surface area contributed by atoms with Gasteiger partial charge < -0.3 is 14.5 Å². The van der Waals surface area contributed by atoms with Gasteiger partial charge in [0.1, 0.15) is 5.75 Å². The van der Waals surface area contributed by atoms with E-state index in [1.165, 1.54) is 0 Å². The van der Waals surface area contributed by atoms with E-state index < -0.39 is 0 Å². The maximum absolute atomic E-state index is 13.5. The Hall–Kier alpha value is -3.03. The molecular formula is C25H24Cl2N4O3. The minimum absolute atomic E-state index is 0.0603. The second-order valence-electron chi connectivity index (χ2n) is 8.54. The van der Waals surface area contributed by atoms with Crippen LogP contribution in [0.2, 0.25) is 10.0 Å². The number of amides is 2. The smallest absolute Gasteiger partial charge is 0.257 e. The molecule has 1 aliphatic carbocycles. The summed E-state index contributed by atoms with van der Waals surface area (Å²) in [4.78, 5) is 30.0. The zero-order chi connectivity index (χ0) is 23.8. The van der Waals surface area contributed by atoms with Gasteiger partial charge in [-0.2, -0.15) is 5.10 Å². The first-order valence-corrected chi connectivity index (χ1v) is 12.0. The first kappa shape index (κ1) is 22.7. The quantitative estimate of drug-likeness (QED) is 0.512. The van der Waals surface area contributed by atoms with Crippen molar-refractivity contribution in [1.29, 1.82) is 0 Å². The van der Waals surface area contributed by atoms with Gasteiger partial charge in [-0.05, 0) is 49.2 Å². The molecule has 9 heteroatoms. The molecule has 2 fully saturated rings. The largest absolute Gasteiger partial charge is 0.497 e. The minimum Gasteiger partial charge on any atom is -0.497 e. The maximum atomic E-state index is 13.5. The zero-order valence-electron chi connectivity index (χ0n) is 18.7. The van der Waals surface area contributed by atoms with Crippen LogP contribution in [-0.4, -0.2) is 64.7 Å². The molecule has 2 heterocycles. The number of methoxy groups -OCH3 is 1. The monoisotopic (exact) mass is 498 g/mol. The highest BCUT2D eigenvalue weighted by molar-refractivity contribution is 6.35. The summed E-state index contributed by atoms with van der Waals surface area (Å²) < 4.78 is 7.00. The molecule has 0 atom stereocenters. The predicted octanol–water partition coefficient (Wildman–Crippen LogP) is 4.66. The van der Waals surface area contributed by atoms with Crippen molar-refractivity contribution in [2.24, 2.45) is 0 Å². The van der Waals surface area contributed by atoms with Gasteiger partial charge in [-0.15, -0.1) is 0 Å². The minimum atomic E-state index is -0.0632. The SMILES string of the molecule is COc1cccc(C(=O)N2CCN(C(=O)c3cnn(-c4ccc(Cl)cc4Cl)c3C3CC3)CC2)c1. The van der Waals surface area contributed by atoms with Crippen LogP contribution in [0.15, 0.2) is 48.7 Å². The van der Waals surface area contributed by atoms with E-state index >= 15 is 0 Å². The molecular weight excluding hydrogens is 475 g/mol. The number of halogens is 2. The molecule has 7 nitrogen and oxygen atoms in total. The number of benzene rings is 2. The van der Waals surface area contributed by atoms with E-state index in [0.717, 1.165) is 18.5 Å². The summed E-state index contributed by atoms with van der Waals surface area (Å²) in [7, 11) is 1.58. The van der Waals surface area contributed by atoms with Gasteiger partial charge in [-0.25, -0.2) is 4.68 Å². The summed E-state index contributed by atoms with van der Waals surface area (Å²) in [5.74, 6) is 0.802. The highest BCUT2D eigenvalue weighted by Crippen LogP contribution is 2.43. The summed E-state index contributed by atoms with van der Waals surface area (Å²) in [6.07, 6.45) is 3.66. The van der Waals surface area contributed by atoms with E-state index in [0.29, 0.717) is 58.8 Å². The number of piperazine rings is 1. The van der Waals surface area contributed by atoms with Gasteiger partial charge in [0.2, 0.25) is 0 Å². The van der Waals surface area contributed by atoms with E-state index in [1.807, 2.05) is 12.1 Å². The number of aromatic nitrogens is 2. The number of hydrogen-bond acceptors (Lipinski definition) is 4. The summed E-state index contributed by atoms with van der Waals surface area (Å²) in [6.45, 7) is 1.87. The summed E-state index contributed by atoms with van der Waals surface area (Å²) in [5, 5.41) is 5.55. The van der Waals surface area contributed by atoms with Crippen LogP contribution in [0.4, 0.5) is 0 Å². The van der Waals surface area contributed by atoms with Gasteiger partial charge in [-0.3, -0.25) is 9.59 Å². The van der Waals surface area contributed by atoms with E-state index in [2.05, 4.69) is 5.10 Å². The number of nitrogens with zero attached hydrogens (tertiary/aromatic N) is 4. The predicted molar refractivity (Wildman–Crippen MR) is 130 cm³/mol. The second-order valence-corrected chi connectivity index (χ2v) is 9.39. The molecule has 0 N–H and O–H groups in total. The Morgan fingerprint density at radius 1 is 0.971 bits per heavy atom. The third-order valence-electron chi connectivity index (χ3n) is 6.31. The summed E-state index contributed by atoms with van der Waals surface area (Å²) >= 11 is 12.5. The number of rotatable bonds is 5. The van der Waals surface area contributed by atoms with Crippen LogP contribution in [0.25, 0.3) is 5.69 Å². The van der Waals surface area contributed by atoms with Gasteiger partial charge in [0.05, 0.1) is 35.3 Å². The Bertz CT molecular complexity index is 1250. The molecule has 1 aromatic heterocycles. The number of hydrogen-bond donors (Lipinski definition) is 0. The molecule has 0 spiro atoms. The summed E-state index contributed by atoms with van der Waals surface area (Å²) in [6, 6.07) is 12.4. The van der Waals surface area contributed by atoms with Crippen LogP contribution < -0.4 is 4.74 Å². The van der Waals surface area contributed by atoms with Crippen LogP contribution in [0.1, 0.15) is 45.2 Å². The third kappa shape index (κ3) is 4.38. The lowest BCUT2D eigenvalue weighted by atomic mass is 10.1. The molecule has 0 unspecified atom stereocenters. The van der Waals surface area contributed by atoms with Crippen molar-refractivity contribution in [3.05, 3.63) is 75.5 Å². The second kappa shape index (κ2) is 9.31. The first-order valence-electron chi connectivity index (χ1n) is 11.2. The van der Waals surface area contributed by atoms with Gasteiger partial charge >= 0.3 is 0 Å². The van der Waals surface area contributed by atoms with Crippen molar-refractivity contribution in [2.45, 2.75) is 18.8 Å². The Labute approximate surface area is 207 Å². The molecule has 2 aliphatic rings. The highest BCUT2D eigenvalue weighted by Gasteiger charge is 2.35. The number of carbonyl (C=O) groups excluding carboxylic acids is 2. The molecule has 1 saturated carbocycles. The summed E-state index contributed by atoms with van der Waals surface area (Å²) in [5.41, 5.74) is 2.78. The lowest BCUT2D eigenvalue weighted by molar-refractivity contribution is 0.0534. The molecule has 2 aromatic carbocycles. The average molecular weight is 499 g/mol. The number of ether oxygens (including phenoxy) is 1. The molecule has 176 valence electrons. The van der Waals surface area contributed by atoms with Crippen LogP contribution in [0, 0.1) is 0 Å². The Kier molecular flexibility index (Phi) is 6.23. The maximum Gasteiger partial charge on any atom is 0.257 e. The first-order chi connectivity index (χ1) is 16.5. The highest BCUT2D eigenvalue weighted by atomic mass is 35.5. The average Bonchev–Trinajstić information content (AvgIpc) is 3.61. The fourth-order valence-corrected chi connectivity index (χ4v) is 4.83. The van der Waals surface area contributed by atoms with Crippen molar-refractivity contribution in [3.8, 4) is 11.4 Å². The van der Waals surface area contributed by atoms with Crippen LogP contribution in [-0.2, 0) is 0 Å². The molecule has 34 heavy (non-hydrogen) atoms. The molecule has 3 aromatic rings. The van der Waals surface area contributed by atoms with E-state index in [1.54, 1.807) is 58.1 Å². The molecule has 1 saturated heterocycles. The lowest BCUT2D eigenvalue weighted by Gasteiger charge is -2.35. The van der Waals surface area contributed by atoms with Crippen molar-refractivity contribution in [2.75, 3.05) is 33.3 Å². The van der Waals surface area contributed by atoms with E-state index in [4.69, 9.17) is 27.9 Å². The third-order valence-corrected chi connectivity index (χ3v) is 6.85. The fraction of sp³-hybridized carbons (Fsp3) is 0.320. The van der Waals surface area contributed by atoms with Crippen molar-refractivity contribution < 1.29 is 14.3 Å². The van der Waals surface area contributed by atoms with E-state index in [-0.39, 0.29) is 17.7 Å². The van der Waals surface area contributed by atoms with Gasteiger partial charge in [-0.1, -0.05) is 29.3 Å². The molecule has 1 aliphatic heterocycles. The Morgan fingerprint density at radius 3 is 2.32 bits per heavy atom. The van der Waals surface area contributed by atoms with Crippen LogP contribution in [0.3, 0.4) is 0 Å². The van der Waals surface area contributed by atoms with Crippen molar-refractivity contribution in [3.63, 3.8) is 0 Å².